The van der Waals surface area contributed by atoms with E-state index in [1.54, 1.807) is 17.8 Å². The van der Waals surface area contributed by atoms with Crippen molar-refractivity contribution in [3.63, 3.8) is 0 Å². The van der Waals surface area contributed by atoms with Crippen LogP contribution in [-0.2, 0) is 0 Å². The van der Waals surface area contributed by atoms with E-state index in [1.165, 1.54) is 0 Å². The molecule has 98 valence electrons. The van der Waals surface area contributed by atoms with Gasteiger partial charge in [0.1, 0.15) is 0 Å². The number of hydrogen-bond donors (Lipinski definition) is 1. The van der Waals surface area contributed by atoms with Gasteiger partial charge in [0.15, 0.2) is 0 Å². The Kier molecular flexibility index (Phi) is 4.54. The number of hydrogen-bond acceptors (Lipinski definition) is 3. The van der Waals surface area contributed by atoms with Gasteiger partial charge in [-0.1, -0.05) is 11.6 Å². The van der Waals surface area contributed by atoms with E-state index >= 15 is 0 Å². The minimum Gasteiger partial charge on any atom is -0.333 e. The predicted octanol–water partition coefficient (Wildman–Crippen LogP) is 2.50. The molecule has 1 fully saturated rings. The van der Waals surface area contributed by atoms with Crippen molar-refractivity contribution in [3.8, 4) is 0 Å². The number of thioether (sulfide) groups is 1. The van der Waals surface area contributed by atoms with Crippen molar-refractivity contribution in [2.45, 2.75) is 17.9 Å². The lowest BCUT2D eigenvalue weighted by atomic mass is 10.1. The Morgan fingerprint density at radius 1 is 1.56 bits per heavy atom. The molecule has 1 N–H and O–H groups in total. The zero-order valence-corrected chi connectivity index (χ0v) is 12.1. The maximum atomic E-state index is 12.5. The summed E-state index contributed by atoms with van der Waals surface area (Å²) >= 11 is 7.76. The predicted molar refractivity (Wildman–Crippen MR) is 76.6 cm³/mol. The van der Waals surface area contributed by atoms with E-state index < -0.39 is 0 Å². The summed E-state index contributed by atoms with van der Waals surface area (Å²) in [6, 6.07) is 5.82. The van der Waals surface area contributed by atoms with Gasteiger partial charge in [-0.25, -0.2) is 0 Å². The second-order valence-electron chi connectivity index (χ2n) is 4.40. The smallest absolute Gasteiger partial charge is 0.255 e. The number of carbonyl (C=O) groups is 1. The van der Waals surface area contributed by atoms with Gasteiger partial charge in [0.05, 0.1) is 10.6 Å². The van der Waals surface area contributed by atoms with Crippen LogP contribution in [0.15, 0.2) is 23.1 Å². The molecule has 0 bridgehead atoms. The van der Waals surface area contributed by atoms with Crippen LogP contribution in [0.2, 0.25) is 5.02 Å². The largest absolute Gasteiger partial charge is 0.333 e. The van der Waals surface area contributed by atoms with E-state index in [0.29, 0.717) is 10.6 Å². The van der Waals surface area contributed by atoms with E-state index in [9.17, 15) is 4.79 Å². The fraction of sp³-hybridized carbons (Fsp3) is 0.462. The number of halogens is 1. The summed E-state index contributed by atoms with van der Waals surface area (Å²) in [4.78, 5) is 15.5. The maximum absolute atomic E-state index is 12.5. The Labute approximate surface area is 117 Å². The first-order valence-electron chi connectivity index (χ1n) is 5.98. The molecular weight excluding hydrogens is 268 g/mol. The van der Waals surface area contributed by atoms with E-state index in [1.807, 2.05) is 23.3 Å². The summed E-state index contributed by atoms with van der Waals surface area (Å²) in [5.74, 6) is 0.0323. The number of benzene rings is 1. The molecule has 18 heavy (non-hydrogen) atoms. The second-order valence-corrected chi connectivity index (χ2v) is 5.68. The number of rotatable bonds is 2. The summed E-state index contributed by atoms with van der Waals surface area (Å²) in [6.45, 7) is 4.47. The molecule has 1 saturated heterocycles. The zero-order valence-electron chi connectivity index (χ0n) is 10.6. The first kappa shape index (κ1) is 13.7. The normalized spacial score (nSPS) is 19.9. The summed E-state index contributed by atoms with van der Waals surface area (Å²) in [6.07, 6.45) is 1.99. The molecule has 0 saturated carbocycles. The number of piperazine rings is 1. The molecule has 1 amide bonds. The number of amides is 1. The van der Waals surface area contributed by atoms with Gasteiger partial charge in [-0.15, -0.1) is 11.8 Å². The van der Waals surface area contributed by atoms with Crippen LogP contribution in [0.1, 0.15) is 17.3 Å². The lowest BCUT2D eigenvalue weighted by Gasteiger charge is -2.34. The van der Waals surface area contributed by atoms with Gasteiger partial charge < -0.3 is 10.2 Å². The standard InChI is InChI=1S/C13H17ClN2OS/c1-9-8-15-5-6-16(9)13(17)11-7-10(18-2)3-4-12(11)14/h3-4,7,9,15H,5-6,8H2,1-2H3. The average Bonchev–Trinajstić information content (AvgIpc) is 2.39. The lowest BCUT2D eigenvalue weighted by Crippen LogP contribution is -2.52. The van der Waals surface area contributed by atoms with E-state index in [-0.39, 0.29) is 11.9 Å². The van der Waals surface area contributed by atoms with E-state index in [0.717, 1.165) is 24.5 Å². The van der Waals surface area contributed by atoms with Crippen LogP contribution in [-0.4, -0.2) is 42.7 Å². The first-order chi connectivity index (χ1) is 8.63. The van der Waals surface area contributed by atoms with Gasteiger partial charge in [0.2, 0.25) is 0 Å². The van der Waals surface area contributed by atoms with Crippen molar-refractivity contribution in [2.75, 3.05) is 25.9 Å². The molecule has 2 rings (SSSR count). The molecule has 3 nitrogen and oxygen atoms in total. The molecule has 1 aliphatic heterocycles. The number of nitrogens with zero attached hydrogens (tertiary/aromatic N) is 1. The van der Waals surface area contributed by atoms with Crippen molar-refractivity contribution in [1.29, 1.82) is 0 Å². The van der Waals surface area contributed by atoms with Crippen molar-refractivity contribution in [3.05, 3.63) is 28.8 Å². The Morgan fingerprint density at radius 3 is 3.00 bits per heavy atom. The number of carbonyl (C=O) groups excluding carboxylic acids is 1. The summed E-state index contributed by atoms with van der Waals surface area (Å²) in [5.41, 5.74) is 0.609. The molecule has 0 radical (unpaired) electrons. The molecule has 0 spiro atoms. The summed E-state index contributed by atoms with van der Waals surface area (Å²) in [5, 5.41) is 3.81. The molecule has 1 aromatic carbocycles. The molecule has 1 atom stereocenters. The van der Waals surface area contributed by atoms with E-state index in [4.69, 9.17) is 11.6 Å². The van der Waals surface area contributed by atoms with Crippen LogP contribution in [0.25, 0.3) is 0 Å². The van der Waals surface area contributed by atoms with Gasteiger partial charge >= 0.3 is 0 Å². The molecule has 1 heterocycles. The van der Waals surface area contributed by atoms with Gasteiger partial charge in [-0.2, -0.15) is 0 Å². The van der Waals surface area contributed by atoms with Crippen molar-refractivity contribution in [1.82, 2.24) is 10.2 Å². The first-order valence-corrected chi connectivity index (χ1v) is 7.59. The van der Waals surface area contributed by atoms with Gasteiger partial charge in [-0.05, 0) is 31.4 Å². The van der Waals surface area contributed by atoms with Crippen LogP contribution in [0.5, 0.6) is 0 Å². The van der Waals surface area contributed by atoms with Crippen LogP contribution >= 0.6 is 23.4 Å². The minimum absolute atomic E-state index is 0.0323. The van der Waals surface area contributed by atoms with Crippen LogP contribution in [0.3, 0.4) is 0 Å². The molecule has 0 aliphatic carbocycles. The van der Waals surface area contributed by atoms with Crippen molar-refractivity contribution >= 4 is 29.3 Å². The highest BCUT2D eigenvalue weighted by Gasteiger charge is 2.25. The Balaban J connectivity index is 2.27. The fourth-order valence-electron chi connectivity index (χ4n) is 2.09. The summed E-state index contributed by atoms with van der Waals surface area (Å²) in [7, 11) is 0. The highest BCUT2D eigenvalue weighted by atomic mass is 35.5. The van der Waals surface area contributed by atoms with Crippen LogP contribution in [0.4, 0.5) is 0 Å². The number of nitrogens with one attached hydrogen (secondary N) is 1. The topological polar surface area (TPSA) is 32.3 Å². The molecule has 1 unspecified atom stereocenters. The third kappa shape index (κ3) is 2.82. The van der Waals surface area contributed by atoms with Gasteiger partial charge in [0, 0.05) is 30.6 Å². The monoisotopic (exact) mass is 284 g/mol. The third-order valence-corrected chi connectivity index (χ3v) is 4.22. The molecular formula is C13H17ClN2OS. The van der Waals surface area contributed by atoms with Crippen molar-refractivity contribution in [2.24, 2.45) is 0 Å². The molecule has 5 heteroatoms. The Bertz CT molecular complexity index is 453. The second kappa shape index (κ2) is 5.95. The highest BCUT2D eigenvalue weighted by Crippen LogP contribution is 2.25. The Hall–Kier alpha value is -0.710. The van der Waals surface area contributed by atoms with Crippen LogP contribution in [0, 0.1) is 0 Å². The van der Waals surface area contributed by atoms with E-state index in [2.05, 4.69) is 12.2 Å². The molecule has 1 aromatic rings. The maximum Gasteiger partial charge on any atom is 0.255 e. The molecule has 0 aromatic heterocycles. The summed E-state index contributed by atoms with van der Waals surface area (Å²) < 4.78 is 0. The lowest BCUT2D eigenvalue weighted by molar-refractivity contribution is 0.0655. The van der Waals surface area contributed by atoms with Gasteiger partial charge in [-0.3, -0.25) is 4.79 Å². The van der Waals surface area contributed by atoms with Crippen LogP contribution < -0.4 is 5.32 Å². The SMILES string of the molecule is CSc1ccc(Cl)c(C(=O)N2CCNCC2C)c1. The van der Waals surface area contributed by atoms with Crippen molar-refractivity contribution < 1.29 is 4.79 Å². The third-order valence-electron chi connectivity index (χ3n) is 3.17. The average molecular weight is 285 g/mol. The Morgan fingerprint density at radius 2 is 2.33 bits per heavy atom. The van der Waals surface area contributed by atoms with Gasteiger partial charge in [0.25, 0.3) is 5.91 Å². The molecule has 1 aliphatic rings. The highest BCUT2D eigenvalue weighted by molar-refractivity contribution is 7.98. The quantitative estimate of drug-likeness (QED) is 0.847. The minimum atomic E-state index is 0.0323. The zero-order chi connectivity index (χ0) is 13.1. The fourth-order valence-corrected chi connectivity index (χ4v) is 2.73.